The number of hydrogen-bond donors (Lipinski definition) is 2. The van der Waals surface area contributed by atoms with Crippen LogP contribution in [-0.2, 0) is 0 Å². The minimum absolute atomic E-state index is 0.0635. The van der Waals surface area contributed by atoms with Gasteiger partial charge >= 0.3 is 6.36 Å². The van der Waals surface area contributed by atoms with Crippen molar-refractivity contribution in [3.05, 3.63) is 29.8 Å². The standard InChI is InChI=1S/C16H23F3N2O2/c1-15(2,11-22)14(21-8-6-20-7-9-21)12-4-3-5-13(10-12)23-16(17,18)19/h3-5,10,14,20,22H,6-9,11H2,1-2H3/t14-/m0/s1. The van der Waals surface area contributed by atoms with Gasteiger partial charge in [0.15, 0.2) is 0 Å². The maximum absolute atomic E-state index is 12.4. The van der Waals surface area contributed by atoms with Crippen LogP contribution in [0, 0.1) is 5.41 Å². The number of nitrogens with zero attached hydrogens (tertiary/aromatic N) is 1. The Balaban J connectivity index is 2.33. The third-order valence-corrected chi connectivity index (χ3v) is 4.07. The average Bonchev–Trinajstić information content (AvgIpc) is 2.47. The zero-order valence-corrected chi connectivity index (χ0v) is 13.4. The summed E-state index contributed by atoms with van der Waals surface area (Å²) in [6.07, 6.45) is -4.71. The highest BCUT2D eigenvalue weighted by Crippen LogP contribution is 2.39. The van der Waals surface area contributed by atoms with Crippen LogP contribution in [0.15, 0.2) is 24.3 Å². The molecule has 4 nitrogen and oxygen atoms in total. The number of aliphatic hydroxyl groups excluding tert-OH is 1. The van der Waals surface area contributed by atoms with Crippen molar-refractivity contribution in [3.8, 4) is 5.75 Å². The first-order valence-corrected chi connectivity index (χ1v) is 7.64. The Morgan fingerprint density at radius 3 is 2.48 bits per heavy atom. The van der Waals surface area contributed by atoms with Gasteiger partial charge in [-0.1, -0.05) is 26.0 Å². The van der Waals surface area contributed by atoms with Gasteiger partial charge in [-0.3, -0.25) is 4.90 Å². The van der Waals surface area contributed by atoms with Crippen molar-refractivity contribution in [2.75, 3.05) is 32.8 Å². The van der Waals surface area contributed by atoms with Gasteiger partial charge in [0, 0.05) is 44.2 Å². The van der Waals surface area contributed by atoms with Crippen LogP contribution in [0.2, 0.25) is 0 Å². The molecule has 0 aromatic heterocycles. The molecule has 0 unspecified atom stereocenters. The molecule has 1 atom stereocenters. The third-order valence-electron chi connectivity index (χ3n) is 4.07. The van der Waals surface area contributed by atoms with Gasteiger partial charge in [0.1, 0.15) is 5.75 Å². The monoisotopic (exact) mass is 332 g/mol. The van der Waals surface area contributed by atoms with Crippen LogP contribution >= 0.6 is 0 Å². The molecule has 1 heterocycles. The summed E-state index contributed by atoms with van der Waals surface area (Å²) in [5, 5.41) is 13.0. The molecule has 130 valence electrons. The van der Waals surface area contributed by atoms with E-state index in [-0.39, 0.29) is 18.4 Å². The predicted octanol–water partition coefficient (Wildman–Crippen LogP) is 2.55. The minimum atomic E-state index is -4.71. The fourth-order valence-corrected chi connectivity index (χ4v) is 3.06. The van der Waals surface area contributed by atoms with Gasteiger partial charge in [-0.2, -0.15) is 0 Å². The molecule has 1 aromatic carbocycles. The molecular weight excluding hydrogens is 309 g/mol. The van der Waals surface area contributed by atoms with E-state index in [1.54, 1.807) is 12.1 Å². The summed E-state index contributed by atoms with van der Waals surface area (Å²) in [4.78, 5) is 2.19. The summed E-state index contributed by atoms with van der Waals surface area (Å²) < 4.78 is 41.4. The molecule has 1 fully saturated rings. The van der Waals surface area contributed by atoms with Crippen LogP contribution in [-0.4, -0.2) is 49.2 Å². The first-order chi connectivity index (χ1) is 10.7. The molecule has 0 aliphatic carbocycles. The fourth-order valence-electron chi connectivity index (χ4n) is 3.06. The maximum Gasteiger partial charge on any atom is 0.573 e. The van der Waals surface area contributed by atoms with Crippen molar-refractivity contribution in [2.45, 2.75) is 26.3 Å². The lowest BCUT2D eigenvalue weighted by Gasteiger charge is -2.43. The van der Waals surface area contributed by atoms with E-state index in [1.165, 1.54) is 12.1 Å². The fraction of sp³-hybridized carbons (Fsp3) is 0.625. The Morgan fingerprint density at radius 1 is 1.26 bits per heavy atom. The largest absolute Gasteiger partial charge is 0.573 e. The topological polar surface area (TPSA) is 44.7 Å². The second-order valence-electron chi connectivity index (χ2n) is 6.46. The van der Waals surface area contributed by atoms with Crippen molar-refractivity contribution >= 4 is 0 Å². The van der Waals surface area contributed by atoms with E-state index in [0.29, 0.717) is 5.56 Å². The number of hydrogen-bond acceptors (Lipinski definition) is 4. The Morgan fingerprint density at radius 2 is 1.91 bits per heavy atom. The molecule has 2 N–H and O–H groups in total. The quantitative estimate of drug-likeness (QED) is 0.870. The van der Waals surface area contributed by atoms with Gasteiger partial charge in [-0.15, -0.1) is 13.2 Å². The van der Waals surface area contributed by atoms with E-state index < -0.39 is 11.8 Å². The molecule has 0 spiro atoms. The molecule has 2 rings (SSSR count). The van der Waals surface area contributed by atoms with Crippen LogP contribution < -0.4 is 10.1 Å². The van der Waals surface area contributed by atoms with Crippen molar-refractivity contribution < 1.29 is 23.0 Å². The number of piperazine rings is 1. The van der Waals surface area contributed by atoms with E-state index in [4.69, 9.17) is 0 Å². The Kier molecular flexibility index (Phi) is 5.54. The van der Waals surface area contributed by atoms with Crippen molar-refractivity contribution in [3.63, 3.8) is 0 Å². The normalized spacial score (nSPS) is 18.7. The minimum Gasteiger partial charge on any atom is -0.406 e. The summed E-state index contributed by atoms with van der Waals surface area (Å²) in [7, 11) is 0. The highest BCUT2D eigenvalue weighted by Gasteiger charge is 2.36. The van der Waals surface area contributed by atoms with E-state index >= 15 is 0 Å². The van der Waals surface area contributed by atoms with Crippen molar-refractivity contribution in [2.24, 2.45) is 5.41 Å². The van der Waals surface area contributed by atoms with Gasteiger partial charge in [0.25, 0.3) is 0 Å². The van der Waals surface area contributed by atoms with Crippen molar-refractivity contribution in [1.29, 1.82) is 0 Å². The molecular formula is C16H23F3N2O2. The van der Waals surface area contributed by atoms with Crippen LogP contribution in [0.25, 0.3) is 0 Å². The molecule has 1 aliphatic heterocycles. The van der Waals surface area contributed by atoms with E-state index in [1.807, 2.05) is 13.8 Å². The van der Waals surface area contributed by atoms with Gasteiger partial charge in [0.2, 0.25) is 0 Å². The molecule has 0 bridgehead atoms. The first kappa shape index (κ1) is 18.0. The lowest BCUT2D eigenvalue weighted by Crippen LogP contribution is -2.49. The number of rotatable bonds is 5. The first-order valence-electron chi connectivity index (χ1n) is 7.64. The predicted molar refractivity (Wildman–Crippen MR) is 81.2 cm³/mol. The number of benzene rings is 1. The molecule has 1 aliphatic rings. The van der Waals surface area contributed by atoms with E-state index in [9.17, 15) is 18.3 Å². The van der Waals surface area contributed by atoms with Crippen LogP contribution in [0.5, 0.6) is 5.75 Å². The van der Waals surface area contributed by atoms with Crippen molar-refractivity contribution in [1.82, 2.24) is 10.2 Å². The third kappa shape index (κ3) is 4.83. The highest BCUT2D eigenvalue weighted by molar-refractivity contribution is 5.32. The summed E-state index contributed by atoms with van der Waals surface area (Å²) in [5.74, 6) is -0.233. The SMILES string of the molecule is CC(C)(CO)[C@H](c1cccc(OC(F)(F)F)c1)N1CCNCC1. The zero-order valence-electron chi connectivity index (χ0n) is 13.4. The Hall–Kier alpha value is -1.31. The van der Waals surface area contributed by atoms with Gasteiger partial charge in [-0.05, 0) is 17.7 Å². The Labute approximate surface area is 134 Å². The molecule has 0 saturated carbocycles. The second kappa shape index (κ2) is 7.07. The molecule has 7 heteroatoms. The van der Waals surface area contributed by atoms with Gasteiger partial charge < -0.3 is 15.2 Å². The van der Waals surface area contributed by atoms with E-state index in [2.05, 4.69) is 15.0 Å². The zero-order chi connectivity index (χ0) is 17.1. The average molecular weight is 332 g/mol. The lowest BCUT2D eigenvalue weighted by molar-refractivity contribution is -0.274. The molecule has 1 saturated heterocycles. The highest BCUT2D eigenvalue weighted by atomic mass is 19.4. The number of nitrogens with one attached hydrogen (secondary N) is 1. The Bertz CT molecular complexity index is 514. The van der Waals surface area contributed by atoms with Crippen LogP contribution in [0.1, 0.15) is 25.5 Å². The maximum atomic E-state index is 12.4. The number of ether oxygens (including phenoxy) is 1. The van der Waals surface area contributed by atoms with E-state index in [0.717, 1.165) is 26.2 Å². The molecule has 1 aromatic rings. The van der Waals surface area contributed by atoms with Crippen LogP contribution in [0.3, 0.4) is 0 Å². The number of halogens is 3. The lowest BCUT2D eigenvalue weighted by atomic mass is 9.79. The van der Waals surface area contributed by atoms with Gasteiger partial charge in [0.05, 0.1) is 0 Å². The van der Waals surface area contributed by atoms with Crippen LogP contribution in [0.4, 0.5) is 13.2 Å². The number of aliphatic hydroxyl groups is 1. The summed E-state index contributed by atoms with van der Waals surface area (Å²) >= 11 is 0. The molecule has 23 heavy (non-hydrogen) atoms. The smallest absolute Gasteiger partial charge is 0.406 e. The summed E-state index contributed by atoms with van der Waals surface area (Å²) in [5.41, 5.74) is 0.224. The molecule has 0 amide bonds. The number of alkyl halides is 3. The van der Waals surface area contributed by atoms with Gasteiger partial charge in [-0.25, -0.2) is 0 Å². The molecule has 0 radical (unpaired) electrons. The second-order valence-corrected chi connectivity index (χ2v) is 6.46. The summed E-state index contributed by atoms with van der Waals surface area (Å²) in [6, 6.07) is 5.85. The summed E-state index contributed by atoms with van der Waals surface area (Å²) in [6.45, 7) is 6.95.